The van der Waals surface area contributed by atoms with Crippen LogP contribution in [0.2, 0.25) is 0 Å². The van der Waals surface area contributed by atoms with Crippen LogP contribution in [-0.2, 0) is 32.6 Å². The van der Waals surface area contributed by atoms with E-state index in [1.54, 1.807) is 52.8 Å². The highest BCUT2D eigenvalue weighted by Crippen LogP contribution is 2.31. The summed E-state index contributed by atoms with van der Waals surface area (Å²) in [5, 5.41) is 3.00. The molecule has 0 spiro atoms. The predicted molar refractivity (Wildman–Crippen MR) is 146 cm³/mol. The maximum atomic E-state index is 13.5. The largest absolute Gasteiger partial charge is 0.465 e. The average molecular weight is 535 g/mol. The van der Waals surface area contributed by atoms with Gasteiger partial charge in [0.25, 0.3) is 0 Å². The van der Waals surface area contributed by atoms with Gasteiger partial charge in [-0.15, -0.1) is 0 Å². The summed E-state index contributed by atoms with van der Waals surface area (Å²) < 4.78 is 33.3. The van der Waals surface area contributed by atoms with Gasteiger partial charge in [-0.1, -0.05) is 60.7 Å². The third kappa shape index (κ3) is 7.08. The van der Waals surface area contributed by atoms with E-state index >= 15 is 0 Å². The van der Waals surface area contributed by atoms with E-state index in [2.05, 4.69) is 5.32 Å². The lowest BCUT2D eigenvalue weighted by atomic mass is 9.81. The highest BCUT2D eigenvalue weighted by molar-refractivity contribution is 7.89. The van der Waals surface area contributed by atoms with Crippen molar-refractivity contribution in [3.63, 3.8) is 0 Å². The van der Waals surface area contributed by atoms with E-state index in [1.807, 2.05) is 36.4 Å². The number of amides is 1. The second-order valence-corrected chi connectivity index (χ2v) is 11.7. The van der Waals surface area contributed by atoms with Crippen LogP contribution in [-0.4, -0.2) is 38.3 Å². The number of nitrogens with zero attached hydrogens (tertiary/aromatic N) is 1. The van der Waals surface area contributed by atoms with Gasteiger partial charge < -0.3 is 10.1 Å². The number of esters is 1. The number of carbonyl (C=O) groups excluding carboxylic acids is 2. The van der Waals surface area contributed by atoms with Crippen molar-refractivity contribution in [2.75, 3.05) is 13.7 Å². The van der Waals surface area contributed by atoms with E-state index in [0.717, 1.165) is 36.8 Å². The summed E-state index contributed by atoms with van der Waals surface area (Å²) in [6.07, 6.45) is 3.04. The van der Waals surface area contributed by atoms with Gasteiger partial charge in [-0.2, -0.15) is 4.31 Å². The van der Waals surface area contributed by atoms with E-state index in [-0.39, 0.29) is 17.7 Å². The highest BCUT2D eigenvalue weighted by Gasteiger charge is 2.31. The lowest BCUT2D eigenvalue weighted by Crippen LogP contribution is -2.38. The van der Waals surface area contributed by atoms with Crippen LogP contribution in [0.3, 0.4) is 0 Å². The molecule has 1 saturated carbocycles. The second-order valence-electron chi connectivity index (χ2n) is 9.72. The summed E-state index contributed by atoms with van der Waals surface area (Å²) >= 11 is 0. The van der Waals surface area contributed by atoms with E-state index in [4.69, 9.17) is 4.74 Å². The van der Waals surface area contributed by atoms with Gasteiger partial charge in [-0.3, -0.25) is 4.79 Å². The number of sulfonamides is 1. The molecule has 0 heterocycles. The van der Waals surface area contributed by atoms with Gasteiger partial charge in [0.15, 0.2) is 0 Å². The van der Waals surface area contributed by atoms with Gasteiger partial charge in [0.2, 0.25) is 15.9 Å². The fraction of sp³-hybridized carbons (Fsp3) is 0.333. The first kappa shape index (κ1) is 27.5. The standard InChI is InChI=1S/C30H34N2O5S/c1-37-30(34)27-18-12-23(13-19-27)20-31-29(33)26-16-14-25(15-17-26)22-32(21-24-8-4-2-5-9-24)38(35,36)28-10-6-3-7-11-28/h2-13,18-19,25-26H,14-17,20-22H2,1H3,(H,31,33). The van der Waals surface area contributed by atoms with Crippen LogP contribution in [0.4, 0.5) is 0 Å². The summed E-state index contributed by atoms with van der Waals surface area (Å²) in [7, 11) is -2.31. The topological polar surface area (TPSA) is 92.8 Å². The van der Waals surface area contributed by atoms with Gasteiger partial charge in [0.05, 0.1) is 17.6 Å². The molecule has 1 aliphatic carbocycles. The predicted octanol–water partition coefficient (Wildman–Crippen LogP) is 4.79. The van der Waals surface area contributed by atoms with Crippen molar-refractivity contribution in [1.82, 2.24) is 9.62 Å². The Kier molecular flexibility index (Phi) is 9.31. The first-order chi connectivity index (χ1) is 18.4. The molecule has 0 aliphatic heterocycles. The Bertz CT molecular complexity index is 1300. The van der Waals surface area contributed by atoms with Crippen LogP contribution in [0, 0.1) is 11.8 Å². The molecule has 3 aromatic rings. The van der Waals surface area contributed by atoms with Crippen LogP contribution in [0.25, 0.3) is 0 Å². The lowest BCUT2D eigenvalue weighted by Gasteiger charge is -2.32. The molecule has 4 rings (SSSR count). The maximum absolute atomic E-state index is 13.5. The summed E-state index contributed by atoms with van der Waals surface area (Å²) in [4.78, 5) is 24.7. The van der Waals surface area contributed by atoms with Crippen LogP contribution in [0.5, 0.6) is 0 Å². The minimum absolute atomic E-state index is 0.0125. The third-order valence-electron chi connectivity index (χ3n) is 7.10. The Morgan fingerprint density at radius 3 is 2.05 bits per heavy atom. The second kappa shape index (κ2) is 12.8. The number of ether oxygens (including phenoxy) is 1. The fourth-order valence-corrected chi connectivity index (χ4v) is 6.41. The smallest absolute Gasteiger partial charge is 0.337 e. The molecular weight excluding hydrogens is 500 g/mol. The fourth-order valence-electron chi connectivity index (χ4n) is 4.88. The zero-order chi connectivity index (χ0) is 27.0. The number of hydrogen-bond donors (Lipinski definition) is 1. The number of rotatable bonds is 10. The molecule has 3 aromatic carbocycles. The Labute approximate surface area is 224 Å². The summed E-state index contributed by atoms with van der Waals surface area (Å²) in [5.74, 6) is -0.282. The Balaban J connectivity index is 1.33. The molecule has 1 N–H and O–H groups in total. The average Bonchev–Trinajstić information content (AvgIpc) is 2.96. The summed E-state index contributed by atoms with van der Waals surface area (Å²) in [6, 6.07) is 25.2. The van der Waals surface area contributed by atoms with Crippen molar-refractivity contribution < 1.29 is 22.7 Å². The van der Waals surface area contributed by atoms with Crippen molar-refractivity contribution >= 4 is 21.9 Å². The Morgan fingerprint density at radius 1 is 0.842 bits per heavy atom. The van der Waals surface area contributed by atoms with Crippen molar-refractivity contribution in [3.8, 4) is 0 Å². The zero-order valence-electron chi connectivity index (χ0n) is 21.6. The molecule has 0 bridgehead atoms. The van der Waals surface area contributed by atoms with Crippen LogP contribution >= 0.6 is 0 Å². The zero-order valence-corrected chi connectivity index (χ0v) is 22.4. The molecule has 38 heavy (non-hydrogen) atoms. The van der Waals surface area contributed by atoms with Gasteiger partial charge in [0.1, 0.15) is 0 Å². The molecule has 1 fully saturated rings. The number of benzene rings is 3. The van der Waals surface area contributed by atoms with Gasteiger partial charge in [0, 0.05) is 25.6 Å². The van der Waals surface area contributed by atoms with Gasteiger partial charge >= 0.3 is 5.97 Å². The van der Waals surface area contributed by atoms with Crippen LogP contribution in [0.1, 0.15) is 47.2 Å². The molecule has 0 atom stereocenters. The van der Waals surface area contributed by atoms with Gasteiger partial charge in [-0.25, -0.2) is 13.2 Å². The van der Waals surface area contributed by atoms with Crippen LogP contribution < -0.4 is 5.32 Å². The van der Waals surface area contributed by atoms with Crippen molar-refractivity contribution in [2.45, 2.75) is 43.7 Å². The van der Waals surface area contributed by atoms with Crippen molar-refractivity contribution in [1.29, 1.82) is 0 Å². The van der Waals surface area contributed by atoms with Gasteiger partial charge in [-0.05, 0) is 67.0 Å². The molecule has 8 heteroatoms. The monoisotopic (exact) mass is 534 g/mol. The normalized spacial score (nSPS) is 17.6. The van der Waals surface area contributed by atoms with Crippen molar-refractivity contribution in [3.05, 3.63) is 102 Å². The number of carbonyl (C=O) groups is 2. The molecule has 1 aliphatic rings. The Hall–Kier alpha value is -3.49. The molecule has 7 nitrogen and oxygen atoms in total. The van der Waals surface area contributed by atoms with E-state index < -0.39 is 16.0 Å². The third-order valence-corrected chi connectivity index (χ3v) is 8.93. The first-order valence-electron chi connectivity index (χ1n) is 12.9. The first-order valence-corrected chi connectivity index (χ1v) is 14.3. The highest BCUT2D eigenvalue weighted by atomic mass is 32.2. The SMILES string of the molecule is COC(=O)c1ccc(CNC(=O)C2CCC(CN(Cc3ccccc3)S(=O)(=O)c3ccccc3)CC2)cc1. The van der Waals surface area contributed by atoms with Crippen molar-refractivity contribution in [2.24, 2.45) is 11.8 Å². The number of hydrogen-bond acceptors (Lipinski definition) is 5. The van der Waals surface area contributed by atoms with Crippen LogP contribution in [0.15, 0.2) is 89.8 Å². The molecule has 0 aromatic heterocycles. The number of methoxy groups -OCH3 is 1. The molecule has 0 saturated heterocycles. The minimum Gasteiger partial charge on any atom is -0.465 e. The quantitative estimate of drug-likeness (QED) is 0.378. The molecular formula is C30H34N2O5S. The minimum atomic E-state index is -3.65. The summed E-state index contributed by atoms with van der Waals surface area (Å²) in [5.41, 5.74) is 2.32. The molecule has 0 unspecified atom stereocenters. The lowest BCUT2D eigenvalue weighted by molar-refractivity contribution is -0.126. The van der Waals surface area contributed by atoms with E-state index in [1.165, 1.54) is 7.11 Å². The molecule has 200 valence electrons. The van der Waals surface area contributed by atoms with E-state index in [0.29, 0.717) is 30.1 Å². The summed E-state index contributed by atoms with van der Waals surface area (Å²) in [6.45, 7) is 1.13. The van der Waals surface area contributed by atoms with E-state index in [9.17, 15) is 18.0 Å². The Morgan fingerprint density at radius 2 is 1.45 bits per heavy atom. The maximum Gasteiger partial charge on any atom is 0.337 e. The molecule has 1 amide bonds. The number of nitrogens with one attached hydrogen (secondary N) is 1. The molecule has 0 radical (unpaired) electrons.